The minimum atomic E-state index is -2.80. The molecule has 0 saturated heterocycles. The molecule has 54 heavy (non-hydrogen) atoms. The van der Waals surface area contributed by atoms with Gasteiger partial charge in [-0.05, 0) is 119 Å². The average molecular weight is 853 g/mol. The Bertz CT molecular complexity index is 1600. The van der Waals surface area contributed by atoms with Crippen LogP contribution >= 0.6 is 0 Å². The molecular formula is C49H58Cl2OSiZr. The zero-order chi connectivity index (χ0) is 34.3. The third kappa shape index (κ3) is 7.08. The Morgan fingerprint density at radius 3 is 1.24 bits per heavy atom. The van der Waals surface area contributed by atoms with Crippen LogP contribution in [-0.4, -0.2) is 14.9 Å². The SMILES string of the molecule is CCC(CCO[Si](c1ccccc1)(c1ccccc1)c1ccccc1)(C1C2C=CC=CC2C2CCCCC21)C1C2C=CC=CC2C2CCCCC21.[Cl-].[Cl-].[Zr+2]. The minimum Gasteiger partial charge on any atom is -1.00 e. The van der Waals surface area contributed by atoms with E-state index in [2.05, 4.69) is 147 Å². The minimum absolute atomic E-state index is 0. The van der Waals surface area contributed by atoms with Crippen LogP contribution in [0.3, 0.4) is 0 Å². The summed E-state index contributed by atoms with van der Waals surface area (Å²) in [6, 6.07) is 33.9. The van der Waals surface area contributed by atoms with Gasteiger partial charge in [0.05, 0.1) is 0 Å². The molecule has 10 atom stereocenters. The maximum absolute atomic E-state index is 7.88. The normalized spacial score (nSPS) is 32.8. The van der Waals surface area contributed by atoms with Crippen LogP contribution in [0.5, 0.6) is 0 Å². The molecule has 0 heterocycles. The molecule has 1 nitrogen and oxygen atoms in total. The third-order valence-corrected chi connectivity index (χ3v) is 19.4. The first-order valence-electron chi connectivity index (χ1n) is 20.8. The Labute approximate surface area is 358 Å². The second-order valence-corrected chi connectivity index (χ2v) is 20.5. The molecule has 4 saturated carbocycles. The van der Waals surface area contributed by atoms with E-state index in [0.717, 1.165) is 48.5 Å². The predicted molar refractivity (Wildman–Crippen MR) is 216 cm³/mol. The van der Waals surface area contributed by atoms with Crippen molar-refractivity contribution < 1.29 is 55.4 Å². The van der Waals surface area contributed by atoms with Crippen LogP contribution in [0.2, 0.25) is 0 Å². The molecule has 4 fully saturated rings. The van der Waals surface area contributed by atoms with Crippen LogP contribution in [0.25, 0.3) is 0 Å². The van der Waals surface area contributed by atoms with Crippen molar-refractivity contribution in [2.24, 2.45) is 64.6 Å². The molecule has 10 unspecified atom stereocenters. The Morgan fingerprint density at radius 1 is 0.519 bits per heavy atom. The van der Waals surface area contributed by atoms with Crippen molar-refractivity contribution in [1.29, 1.82) is 0 Å². The van der Waals surface area contributed by atoms with Gasteiger partial charge in [-0.2, -0.15) is 0 Å². The van der Waals surface area contributed by atoms with E-state index >= 15 is 0 Å². The fourth-order valence-corrected chi connectivity index (χ4v) is 17.5. The summed E-state index contributed by atoms with van der Waals surface area (Å²) in [7, 11) is -2.80. The van der Waals surface area contributed by atoms with Gasteiger partial charge in [0.2, 0.25) is 0 Å². The largest absolute Gasteiger partial charge is 2.00 e. The van der Waals surface area contributed by atoms with Gasteiger partial charge in [-0.15, -0.1) is 0 Å². The zero-order valence-electron chi connectivity index (χ0n) is 32.0. The molecule has 0 aromatic heterocycles. The van der Waals surface area contributed by atoms with E-state index in [4.69, 9.17) is 4.43 Å². The predicted octanol–water partition coefficient (Wildman–Crippen LogP) is 4.05. The molecule has 0 N–H and O–H groups in total. The standard InChI is InChI=1S/C49H58OSi.2ClH.Zr/c1-2-49(47-43-30-16-12-26-39(43)40-27-13-17-31-44(40)47,48-45-32-18-14-28-41(45)42-29-15-19-33-46(42)48)34-35-50-51(36-20-6-3-7-21-36,37-22-8-4-9-23-37)38-24-10-5-11-25-38;;;/h3-12,14,16,18,20-26,28,30,32,39-48H,2,13,15,17,19,27,29,31,33-35H2,1H3;2*1H;/q;;;+2/p-2. The topological polar surface area (TPSA) is 9.23 Å². The maximum Gasteiger partial charge on any atom is 2.00 e. The smallest absolute Gasteiger partial charge is 1.00 e. The summed E-state index contributed by atoms with van der Waals surface area (Å²) >= 11 is 0. The Kier molecular flexibility index (Phi) is 14.1. The molecule has 3 aromatic carbocycles. The molecular weight excluding hydrogens is 795 g/mol. The Hall–Kier alpha value is -1.74. The van der Waals surface area contributed by atoms with Crippen molar-refractivity contribution in [3.8, 4) is 0 Å². The van der Waals surface area contributed by atoms with Gasteiger partial charge in [0.15, 0.2) is 0 Å². The van der Waals surface area contributed by atoms with Crippen LogP contribution in [0.15, 0.2) is 140 Å². The summed E-state index contributed by atoms with van der Waals surface area (Å²) in [4.78, 5) is 0. The number of allylic oxidation sites excluding steroid dienone is 8. The zero-order valence-corrected chi connectivity index (χ0v) is 37.0. The molecule has 6 aliphatic rings. The van der Waals surface area contributed by atoms with Gasteiger partial charge in [-0.3, -0.25) is 0 Å². The van der Waals surface area contributed by atoms with Gasteiger partial charge in [0.25, 0.3) is 8.32 Å². The summed E-state index contributed by atoms with van der Waals surface area (Å²) in [6.07, 6.45) is 34.1. The van der Waals surface area contributed by atoms with Crippen LogP contribution < -0.4 is 40.4 Å². The first-order chi connectivity index (χ1) is 25.3. The van der Waals surface area contributed by atoms with Crippen molar-refractivity contribution in [3.05, 3.63) is 140 Å². The molecule has 3 aromatic rings. The number of benzene rings is 3. The Balaban J connectivity index is 0.00000166. The monoisotopic (exact) mass is 850 g/mol. The molecule has 6 aliphatic carbocycles. The quantitative estimate of drug-likeness (QED) is 0.221. The van der Waals surface area contributed by atoms with E-state index in [1.54, 1.807) is 0 Å². The van der Waals surface area contributed by atoms with Crippen LogP contribution in [-0.2, 0) is 30.6 Å². The first-order valence-corrected chi connectivity index (χ1v) is 22.7. The summed E-state index contributed by atoms with van der Waals surface area (Å²) in [5, 5.41) is 4.06. The molecule has 0 bridgehead atoms. The van der Waals surface area contributed by atoms with E-state index in [1.807, 2.05) is 0 Å². The molecule has 282 valence electrons. The third-order valence-electron chi connectivity index (χ3n) is 15.3. The van der Waals surface area contributed by atoms with Crippen molar-refractivity contribution in [2.45, 2.75) is 71.1 Å². The molecule has 0 aliphatic heterocycles. The van der Waals surface area contributed by atoms with Crippen molar-refractivity contribution in [2.75, 3.05) is 6.61 Å². The van der Waals surface area contributed by atoms with Crippen LogP contribution in [0.4, 0.5) is 0 Å². The first kappa shape index (κ1) is 41.9. The van der Waals surface area contributed by atoms with E-state index < -0.39 is 8.32 Å². The van der Waals surface area contributed by atoms with Crippen molar-refractivity contribution in [3.63, 3.8) is 0 Å². The van der Waals surface area contributed by atoms with Crippen LogP contribution in [0.1, 0.15) is 71.1 Å². The van der Waals surface area contributed by atoms with Gasteiger partial charge in [0.1, 0.15) is 0 Å². The van der Waals surface area contributed by atoms with Gasteiger partial charge in [-0.1, -0.05) is 172 Å². The van der Waals surface area contributed by atoms with Gasteiger partial charge in [0, 0.05) is 6.61 Å². The Morgan fingerprint density at radius 2 is 0.870 bits per heavy atom. The van der Waals surface area contributed by atoms with Gasteiger partial charge < -0.3 is 29.2 Å². The van der Waals surface area contributed by atoms with Gasteiger partial charge >= 0.3 is 26.2 Å². The van der Waals surface area contributed by atoms with E-state index in [1.165, 1.54) is 73.3 Å². The van der Waals surface area contributed by atoms with E-state index in [0.29, 0.717) is 23.7 Å². The van der Waals surface area contributed by atoms with Crippen molar-refractivity contribution in [1.82, 2.24) is 0 Å². The van der Waals surface area contributed by atoms with Crippen LogP contribution in [0, 0.1) is 64.6 Å². The average Bonchev–Trinajstić information content (AvgIpc) is 3.73. The van der Waals surface area contributed by atoms with E-state index in [-0.39, 0.29) is 56.4 Å². The summed E-state index contributed by atoms with van der Waals surface area (Å²) in [5.41, 5.74) is 0.231. The number of rotatable bonds is 10. The molecule has 0 radical (unpaired) electrons. The molecule has 0 spiro atoms. The number of fused-ring (bicyclic) bond motifs is 6. The molecule has 5 heteroatoms. The fourth-order valence-electron chi connectivity index (χ4n) is 13.6. The molecule has 0 amide bonds. The maximum atomic E-state index is 7.88. The van der Waals surface area contributed by atoms with Crippen molar-refractivity contribution >= 4 is 23.9 Å². The summed E-state index contributed by atoms with van der Waals surface area (Å²) < 4.78 is 7.88. The van der Waals surface area contributed by atoms with Gasteiger partial charge in [-0.25, -0.2) is 0 Å². The number of halogens is 2. The number of hydrogen-bond acceptors (Lipinski definition) is 1. The fraction of sp³-hybridized carbons (Fsp3) is 0.469. The second kappa shape index (κ2) is 18.2. The number of hydrogen-bond donors (Lipinski definition) is 0. The molecule has 9 rings (SSSR count). The summed E-state index contributed by atoms with van der Waals surface area (Å²) in [5.74, 6) is 7.51. The summed E-state index contributed by atoms with van der Waals surface area (Å²) in [6.45, 7) is 3.42. The second-order valence-electron chi connectivity index (χ2n) is 17.1. The van der Waals surface area contributed by atoms with E-state index in [9.17, 15) is 0 Å².